The van der Waals surface area contributed by atoms with Gasteiger partial charge < -0.3 is 4.74 Å². The number of benzene rings is 2. The molecule has 1 aliphatic heterocycles. The Morgan fingerprint density at radius 1 is 0.926 bits per heavy atom. The van der Waals surface area contributed by atoms with Gasteiger partial charge in [-0.1, -0.05) is 23.7 Å². The van der Waals surface area contributed by atoms with Gasteiger partial charge >= 0.3 is 0 Å². The summed E-state index contributed by atoms with van der Waals surface area (Å²) in [6, 6.07) is 12.2. The molecule has 1 saturated heterocycles. The van der Waals surface area contributed by atoms with Gasteiger partial charge in [-0.15, -0.1) is 0 Å². The lowest BCUT2D eigenvalue weighted by Gasteiger charge is -2.26. The van der Waals surface area contributed by atoms with Crippen LogP contribution in [0, 0.1) is 0 Å². The third-order valence-electron chi connectivity index (χ3n) is 4.01. The molecule has 3 rings (SSSR count). The largest absolute Gasteiger partial charge is 0.379 e. The smallest absolute Gasteiger partial charge is 0.243 e. The zero-order valence-electron chi connectivity index (χ0n) is 14.3. The molecular weight excluding hydrogens is 412 g/mol. The van der Waals surface area contributed by atoms with Crippen LogP contribution in [0.15, 0.2) is 53.4 Å². The number of morpholine rings is 1. The summed E-state index contributed by atoms with van der Waals surface area (Å²) in [5.74, 6) is -0.210. The van der Waals surface area contributed by atoms with Crippen molar-refractivity contribution < 1.29 is 21.6 Å². The van der Waals surface area contributed by atoms with Gasteiger partial charge in [0.2, 0.25) is 20.0 Å². The average Bonchev–Trinajstić information content (AvgIpc) is 2.64. The fourth-order valence-corrected chi connectivity index (χ4v) is 5.38. The molecule has 0 amide bonds. The number of nitrogens with zero attached hydrogens (tertiary/aromatic N) is 1. The molecule has 1 aliphatic rings. The number of hydrogen-bond acceptors (Lipinski definition) is 5. The summed E-state index contributed by atoms with van der Waals surface area (Å²) in [6.07, 6.45) is 0. The maximum atomic E-state index is 12.6. The average molecular weight is 431 g/mol. The molecule has 0 spiro atoms. The molecule has 0 aromatic heterocycles. The monoisotopic (exact) mass is 430 g/mol. The molecular formula is C17H19ClN2O5S2. The second-order valence-corrected chi connectivity index (χ2v) is 10.1. The molecule has 2 aromatic carbocycles. The summed E-state index contributed by atoms with van der Waals surface area (Å²) >= 11 is 5.80. The van der Waals surface area contributed by atoms with Gasteiger partial charge in [0.1, 0.15) is 0 Å². The molecule has 1 N–H and O–H groups in total. The molecule has 0 atom stereocenters. The standard InChI is InChI=1S/C17H19ClN2O5S2/c18-15-3-1-14(2-4-15)13-26(21,22)19-16-5-7-17(8-6-16)27(23,24)20-9-11-25-12-10-20/h1-8,19H,9-13H2. The number of halogens is 1. The van der Waals surface area contributed by atoms with E-state index in [9.17, 15) is 16.8 Å². The molecule has 0 aliphatic carbocycles. The van der Waals surface area contributed by atoms with E-state index >= 15 is 0 Å². The van der Waals surface area contributed by atoms with Gasteiger partial charge in [-0.2, -0.15) is 4.31 Å². The first-order valence-corrected chi connectivity index (χ1v) is 11.7. The highest BCUT2D eigenvalue weighted by molar-refractivity contribution is 7.92. The number of hydrogen-bond donors (Lipinski definition) is 1. The number of anilines is 1. The van der Waals surface area contributed by atoms with Crippen LogP contribution in [0.1, 0.15) is 5.56 Å². The van der Waals surface area contributed by atoms with Gasteiger partial charge in [-0.3, -0.25) is 4.72 Å². The van der Waals surface area contributed by atoms with Crippen molar-refractivity contribution >= 4 is 37.3 Å². The third kappa shape index (κ3) is 5.20. The van der Waals surface area contributed by atoms with Crippen molar-refractivity contribution in [3.05, 3.63) is 59.1 Å². The molecule has 10 heteroatoms. The van der Waals surface area contributed by atoms with Crippen LogP contribution in [0.2, 0.25) is 5.02 Å². The minimum absolute atomic E-state index is 0.116. The first kappa shape index (κ1) is 20.1. The number of sulfonamides is 2. The highest BCUT2D eigenvalue weighted by Gasteiger charge is 2.26. The highest BCUT2D eigenvalue weighted by Crippen LogP contribution is 2.21. The van der Waals surface area contributed by atoms with Gasteiger partial charge in [0.05, 0.1) is 23.9 Å². The maximum absolute atomic E-state index is 12.6. The highest BCUT2D eigenvalue weighted by atomic mass is 35.5. The SMILES string of the molecule is O=S(=O)(Cc1ccc(Cl)cc1)Nc1ccc(S(=O)(=O)N2CCOCC2)cc1. The van der Waals surface area contributed by atoms with Crippen LogP contribution in [-0.4, -0.2) is 47.4 Å². The van der Waals surface area contributed by atoms with E-state index < -0.39 is 20.0 Å². The topological polar surface area (TPSA) is 92.8 Å². The quantitative estimate of drug-likeness (QED) is 0.759. The molecule has 27 heavy (non-hydrogen) atoms. The Morgan fingerprint density at radius 3 is 2.11 bits per heavy atom. The van der Waals surface area contributed by atoms with E-state index in [1.165, 1.54) is 28.6 Å². The van der Waals surface area contributed by atoms with Gasteiger partial charge in [0, 0.05) is 23.8 Å². The molecule has 7 nitrogen and oxygen atoms in total. The summed E-state index contributed by atoms with van der Waals surface area (Å²) in [5, 5.41) is 0.529. The molecule has 0 radical (unpaired) electrons. The molecule has 0 bridgehead atoms. The Morgan fingerprint density at radius 2 is 1.52 bits per heavy atom. The van der Waals surface area contributed by atoms with Gasteiger partial charge in [-0.25, -0.2) is 16.8 Å². The van der Waals surface area contributed by atoms with Crippen molar-refractivity contribution in [2.45, 2.75) is 10.6 Å². The van der Waals surface area contributed by atoms with E-state index in [-0.39, 0.29) is 10.6 Å². The summed E-state index contributed by atoms with van der Waals surface area (Å²) < 4.78 is 58.7. The lowest BCUT2D eigenvalue weighted by molar-refractivity contribution is 0.0730. The lowest BCUT2D eigenvalue weighted by atomic mass is 10.2. The van der Waals surface area contributed by atoms with E-state index in [1.807, 2.05) is 0 Å². The molecule has 146 valence electrons. The van der Waals surface area contributed by atoms with Crippen LogP contribution in [0.3, 0.4) is 0 Å². The summed E-state index contributed by atoms with van der Waals surface area (Å²) in [4.78, 5) is 0.116. The molecule has 2 aromatic rings. The van der Waals surface area contributed by atoms with Crippen LogP contribution in [0.4, 0.5) is 5.69 Å². The minimum Gasteiger partial charge on any atom is -0.379 e. The van der Waals surface area contributed by atoms with Crippen LogP contribution < -0.4 is 4.72 Å². The number of nitrogens with one attached hydrogen (secondary N) is 1. The second-order valence-electron chi connectivity index (χ2n) is 6.03. The van der Waals surface area contributed by atoms with Crippen molar-refractivity contribution in [2.24, 2.45) is 0 Å². The Hall–Kier alpha value is -1.65. The van der Waals surface area contributed by atoms with Gasteiger partial charge in [0.15, 0.2) is 0 Å². The zero-order chi connectivity index (χ0) is 19.5. The summed E-state index contributed by atoms with van der Waals surface area (Å²) in [5.41, 5.74) is 0.892. The van der Waals surface area contributed by atoms with Crippen molar-refractivity contribution in [1.82, 2.24) is 4.31 Å². The summed E-state index contributed by atoms with van der Waals surface area (Å²) in [6.45, 7) is 1.33. The molecule has 1 heterocycles. The minimum atomic E-state index is -3.64. The first-order chi connectivity index (χ1) is 12.8. The van der Waals surface area contributed by atoms with Crippen LogP contribution in [-0.2, 0) is 30.5 Å². The maximum Gasteiger partial charge on any atom is 0.243 e. The van der Waals surface area contributed by atoms with Crippen molar-refractivity contribution in [1.29, 1.82) is 0 Å². The van der Waals surface area contributed by atoms with Crippen molar-refractivity contribution in [2.75, 3.05) is 31.0 Å². The Balaban J connectivity index is 1.70. The Kier molecular flexibility index (Phi) is 6.07. The first-order valence-electron chi connectivity index (χ1n) is 8.19. The van der Waals surface area contributed by atoms with Crippen LogP contribution in [0.5, 0.6) is 0 Å². The van der Waals surface area contributed by atoms with Crippen molar-refractivity contribution in [3.63, 3.8) is 0 Å². The molecule has 0 unspecified atom stereocenters. The third-order valence-corrected chi connectivity index (χ3v) is 7.43. The fourth-order valence-electron chi connectivity index (χ4n) is 2.65. The van der Waals surface area contributed by atoms with Crippen LogP contribution in [0.25, 0.3) is 0 Å². The summed E-state index contributed by atoms with van der Waals surface area (Å²) in [7, 11) is -7.25. The van der Waals surface area contributed by atoms with E-state index in [0.717, 1.165) is 0 Å². The fraction of sp³-hybridized carbons (Fsp3) is 0.294. The van der Waals surface area contributed by atoms with E-state index in [0.29, 0.717) is 42.6 Å². The molecule has 0 saturated carbocycles. The van der Waals surface area contributed by atoms with Gasteiger partial charge in [-0.05, 0) is 42.0 Å². The van der Waals surface area contributed by atoms with Gasteiger partial charge in [0.25, 0.3) is 0 Å². The van der Waals surface area contributed by atoms with Crippen molar-refractivity contribution in [3.8, 4) is 0 Å². The predicted octanol–water partition coefficient (Wildman–Crippen LogP) is 2.30. The number of ether oxygens (including phenoxy) is 1. The number of rotatable bonds is 6. The molecule has 1 fully saturated rings. The predicted molar refractivity (Wildman–Crippen MR) is 104 cm³/mol. The normalized spacial score (nSPS) is 16.2. The van der Waals surface area contributed by atoms with E-state index in [2.05, 4.69) is 4.72 Å². The lowest BCUT2D eigenvalue weighted by Crippen LogP contribution is -2.40. The Labute approximate surface area is 164 Å². The van der Waals surface area contributed by atoms with E-state index in [4.69, 9.17) is 16.3 Å². The van der Waals surface area contributed by atoms with E-state index in [1.54, 1.807) is 24.3 Å². The second kappa shape index (κ2) is 8.15. The Bertz CT molecular complexity index is 985. The zero-order valence-corrected chi connectivity index (χ0v) is 16.7. The van der Waals surface area contributed by atoms with Crippen LogP contribution >= 0.6 is 11.6 Å².